The fourth-order valence-corrected chi connectivity index (χ4v) is 5.20. The van der Waals surface area contributed by atoms with Crippen LogP contribution in [0.25, 0.3) is 5.69 Å². The van der Waals surface area contributed by atoms with Crippen LogP contribution in [0, 0.1) is 11.3 Å². The van der Waals surface area contributed by atoms with Crippen LogP contribution in [0.3, 0.4) is 0 Å². The predicted octanol–water partition coefficient (Wildman–Crippen LogP) is 3.92. The Kier molecular flexibility index (Phi) is 5.16. The third-order valence-corrected chi connectivity index (χ3v) is 6.75. The van der Waals surface area contributed by atoms with E-state index in [9.17, 15) is 10.1 Å². The Morgan fingerprint density at radius 3 is 2.74 bits per heavy atom. The number of fused-ring (bicyclic) bond motifs is 1. The first-order chi connectivity index (χ1) is 13.1. The number of carbonyl (C=O) groups excluding carboxylic acids is 1. The minimum atomic E-state index is -0.774. The van der Waals surface area contributed by atoms with Gasteiger partial charge in [-0.15, -0.1) is 0 Å². The fourth-order valence-electron chi connectivity index (χ4n) is 3.81. The number of carbonyl (C=O) groups is 1. The van der Waals surface area contributed by atoms with Crippen molar-refractivity contribution < 1.29 is 4.79 Å². The zero-order valence-electron chi connectivity index (χ0n) is 15.0. The molecule has 1 aromatic carbocycles. The molecule has 7 heteroatoms. The first-order valence-electron chi connectivity index (χ1n) is 9.30. The van der Waals surface area contributed by atoms with Gasteiger partial charge >= 0.3 is 0 Å². The summed E-state index contributed by atoms with van der Waals surface area (Å²) in [5.41, 5.74) is 2.73. The highest BCUT2D eigenvalue weighted by molar-refractivity contribution is 7.99. The van der Waals surface area contributed by atoms with E-state index < -0.39 is 5.54 Å². The number of amides is 1. The molecule has 2 aliphatic rings. The molecule has 0 radical (unpaired) electrons. The molecule has 1 amide bonds. The SMILES string of the molecule is N#CC1(NC(=O)c2nn(-c3ccc(Cl)cc3)c3c2CCCCC3)CCSC1. The van der Waals surface area contributed by atoms with Crippen molar-refractivity contribution in [3.05, 3.63) is 46.2 Å². The molecular weight excluding hydrogens is 380 g/mol. The van der Waals surface area contributed by atoms with E-state index in [4.69, 9.17) is 11.6 Å². The second kappa shape index (κ2) is 7.57. The monoisotopic (exact) mass is 400 g/mol. The van der Waals surface area contributed by atoms with Gasteiger partial charge in [-0.2, -0.15) is 22.1 Å². The van der Waals surface area contributed by atoms with Gasteiger partial charge in [0.1, 0.15) is 5.54 Å². The summed E-state index contributed by atoms with van der Waals surface area (Å²) in [5, 5.41) is 17.9. The van der Waals surface area contributed by atoms with Gasteiger partial charge in [-0.3, -0.25) is 4.79 Å². The van der Waals surface area contributed by atoms with Gasteiger partial charge < -0.3 is 5.32 Å². The maximum Gasteiger partial charge on any atom is 0.273 e. The maximum absolute atomic E-state index is 13.1. The molecule has 1 aliphatic heterocycles. The molecule has 27 heavy (non-hydrogen) atoms. The summed E-state index contributed by atoms with van der Waals surface area (Å²) in [6, 6.07) is 9.83. The van der Waals surface area contributed by atoms with Crippen molar-refractivity contribution >= 4 is 29.3 Å². The van der Waals surface area contributed by atoms with Crippen LogP contribution in [0.2, 0.25) is 5.02 Å². The Hall–Kier alpha value is -1.97. The molecule has 1 aromatic heterocycles. The lowest BCUT2D eigenvalue weighted by molar-refractivity contribution is 0.0919. The number of hydrogen-bond donors (Lipinski definition) is 1. The lowest BCUT2D eigenvalue weighted by Crippen LogP contribution is -2.47. The molecule has 5 nitrogen and oxygen atoms in total. The van der Waals surface area contributed by atoms with Crippen LogP contribution in [0.15, 0.2) is 24.3 Å². The van der Waals surface area contributed by atoms with Gasteiger partial charge in [0, 0.05) is 22.0 Å². The van der Waals surface area contributed by atoms with Crippen molar-refractivity contribution in [1.82, 2.24) is 15.1 Å². The predicted molar refractivity (Wildman–Crippen MR) is 108 cm³/mol. The first-order valence-corrected chi connectivity index (χ1v) is 10.8. The average Bonchev–Trinajstić information content (AvgIpc) is 3.21. The highest BCUT2D eigenvalue weighted by Gasteiger charge is 2.37. The third kappa shape index (κ3) is 3.59. The summed E-state index contributed by atoms with van der Waals surface area (Å²) in [6.45, 7) is 0. The van der Waals surface area contributed by atoms with Crippen LogP contribution in [0.5, 0.6) is 0 Å². The second-order valence-corrected chi connectivity index (χ2v) is 8.71. The molecular formula is C20H21ClN4OS. The molecule has 1 atom stereocenters. The van der Waals surface area contributed by atoms with E-state index in [1.54, 1.807) is 11.8 Å². The van der Waals surface area contributed by atoms with Crippen LogP contribution in [-0.4, -0.2) is 32.7 Å². The molecule has 1 fully saturated rings. The van der Waals surface area contributed by atoms with Crippen molar-refractivity contribution in [3.8, 4) is 11.8 Å². The number of benzene rings is 1. The Morgan fingerprint density at radius 2 is 2.04 bits per heavy atom. The Balaban J connectivity index is 1.73. The molecule has 1 unspecified atom stereocenters. The zero-order chi connectivity index (χ0) is 18.9. The van der Waals surface area contributed by atoms with Crippen molar-refractivity contribution in [3.63, 3.8) is 0 Å². The molecule has 0 spiro atoms. The topological polar surface area (TPSA) is 70.7 Å². The minimum absolute atomic E-state index is 0.232. The smallest absolute Gasteiger partial charge is 0.273 e. The van der Waals surface area contributed by atoms with E-state index in [1.807, 2.05) is 28.9 Å². The van der Waals surface area contributed by atoms with Crippen LogP contribution >= 0.6 is 23.4 Å². The Labute approximate surface area is 168 Å². The number of thioether (sulfide) groups is 1. The zero-order valence-corrected chi connectivity index (χ0v) is 16.6. The molecule has 4 rings (SSSR count). The Bertz CT molecular complexity index is 894. The minimum Gasteiger partial charge on any atom is -0.332 e. The van der Waals surface area contributed by atoms with E-state index in [2.05, 4.69) is 16.5 Å². The van der Waals surface area contributed by atoms with Crippen molar-refractivity contribution in [2.24, 2.45) is 0 Å². The summed E-state index contributed by atoms with van der Waals surface area (Å²) in [4.78, 5) is 13.1. The average molecular weight is 401 g/mol. The van der Waals surface area contributed by atoms with E-state index in [0.29, 0.717) is 22.9 Å². The van der Waals surface area contributed by atoms with E-state index >= 15 is 0 Å². The van der Waals surface area contributed by atoms with Gasteiger partial charge in [0.25, 0.3) is 5.91 Å². The van der Waals surface area contributed by atoms with Crippen LogP contribution in [-0.2, 0) is 12.8 Å². The second-order valence-electron chi connectivity index (χ2n) is 7.17. The fraction of sp³-hybridized carbons (Fsp3) is 0.450. The quantitative estimate of drug-likeness (QED) is 0.792. The summed E-state index contributed by atoms with van der Waals surface area (Å²) < 4.78 is 1.88. The summed E-state index contributed by atoms with van der Waals surface area (Å²) in [5.74, 6) is 1.30. The van der Waals surface area contributed by atoms with E-state index in [-0.39, 0.29) is 5.91 Å². The number of aromatic nitrogens is 2. The van der Waals surface area contributed by atoms with Crippen molar-refractivity contribution in [1.29, 1.82) is 5.26 Å². The summed E-state index contributed by atoms with van der Waals surface area (Å²) >= 11 is 7.73. The first kappa shape index (κ1) is 18.4. The standard InChI is InChI=1S/C20H21ClN4OS/c21-14-6-8-15(9-7-14)25-17-5-3-1-2-4-16(17)18(24-25)19(26)23-20(12-22)10-11-27-13-20/h6-9H,1-5,10-11,13H2,(H,23,26). The van der Waals surface area contributed by atoms with E-state index in [1.165, 1.54) is 0 Å². The van der Waals surface area contributed by atoms with Gasteiger partial charge in [0.15, 0.2) is 5.69 Å². The Morgan fingerprint density at radius 1 is 1.26 bits per heavy atom. The highest BCUT2D eigenvalue weighted by atomic mass is 35.5. The van der Waals surface area contributed by atoms with Crippen LogP contribution < -0.4 is 5.32 Å². The molecule has 140 valence electrons. The molecule has 0 saturated carbocycles. The molecule has 1 N–H and O–H groups in total. The normalized spacial score (nSPS) is 21.9. The van der Waals surface area contributed by atoms with Gasteiger partial charge in [0.2, 0.25) is 0 Å². The van der Waals surface area contributed by atoms with Gasteiger partial charge in [-0.25, -0.2) is 4.68 Å². The number of nitrogens with zero attached hydrogens (tertiary/aromatic N) is 3. The van der Waals surface area contributed by atoms with Crippen molar-refractivity contribution in [2.45, 2.75) is 44.1 Å². The molecule has 0 bridgehead atoms. The number of halogens is 1. The molecule has 1 aliphatic carbocycles. The molecule has 2 aromatic rings. The van der Waals surface area contributed by atoms with E-state index in [0.717, 1.165) is 54.8 Å². The lowest BCUT2D eigenvalue weighted by Gasteiger charge is -2.20. The number of nitrogens with one attached hydrogen (secondary N) is 1. The number of hydrogen-bond acceptors (Lipinski definition) is 4. The van der Waals surface area contributed by atoms with Crippen LogP contribution in [0.1, 0.15) is 47.4 Å². The largest absolute Gasteiger partial charge is 0.332 e. The van der Waals surface area contributed by atoms with Gasteiger partial charge in [-0.1, -0.05) is 18.0 Å². The molecule has 2 heterocycles. The number of nitriles is 1. The highest BCUT2D eigenvalue weighted by Crippen LogP contribution is 2.30. The lowest BCUT2D eigenvalue weighted by atomic mass is 10.00. The summed E-state index contributed by atoms with van der Waals surface area (Å²) in [7, 11) is 0. The van der Waals surface area contributed by atoms with Crippen LogP contribution in [0.4, 0.5) is 0 Å². The van der Waals surface area contributed by atoms with Gasteiger partial charge in [-0.05, 0) is 62.1 Å². The summed E-state index contributed by atoms with van der Waals surface area (Å²) in [6.07, 6.45) is 5.72. The van der Waals surface area contributed by atoms with Crippen molar-refractivity contribution in [2.75, 3.05) is 11.5 Å². The third-order valence-electron chi connectivity index (χ3n) is 5.30. The molecule has 1 saturated heterocycles. The maximum atomic E-state index is 13.1. The number of rotatable bonds is 3. The van der Waals surface area contributed by atoms with Gasteiger partial charge in [0.05, 0.1) is 11.8 Å².